The maximum Gasteiger partial charge on any atom is 0.161 e. The Hall–Kier alpha value is -1.97. The van der Waals surface area contributed by atoms with Crippen molar-refractivity contribution >= 4 is 5.82 Å². The number of hydrogen-bond donors (Lipinski definition) is 1. The molecule has 0 saturated carbocycles. The van der Waals surface area contributed by atoms with Gasteiger partial charge in [0, 0.05) is 11.8 Å². The number of nitrogens with zero attached hydrogens (tertiary/aromatic N) is 2. The Morgan fingerprint density at radius 2 is 2.07 bits per heavy atom. The molecule has 1 aromatic carbocycles. The van der Waals surface area contributed by atoms with E-state index in [1.807, 2.05) is 6.92 Å². The Morgan fingerprint density at radius 3 is 2.73 bits per heavy atom. The van der Waals surface area contributed by atoms with Crippen LogP contribution in [-0.4, -0.2) is 9.97 Å². The number of halogens is 1. The number of aromatic nitrogens is 2. The van der Waals surface area contributed by atoms with E-state index in [2.05, 4.69) is 9.97 Å². The summed E-state index contributed by atoms with van der Waals surface area (Å²) in [6.45, 7) is 1.81. The van der Waals surface area contributed by atoms with Gasteiger partial charge in [0.2, 0.25) is 0 Å². The van der Waals surface area contributed by atoms with Gasteiger partial charge in [-0.3, -0.25) is 0 Å². The molecule has 2 aromatic rings. The minimum atomic E-state index is -0.264. The van der Waals surface area contributed by atoms with Gasteiger partial charge < -0.3 is 5.73 Å². The van der Waals surface area contributed by atoms with Gasteiger partial charge in [-0.25, -0.2) is 14.4 Å². The number of hydrogen-bond acceptors (Lipinski definition) is 3. The van der Waals surface area contributed by atoms with Crippen molar-refractivity contribution in [2.75, 3.05) is 5.73 Å². The van der Waals surface area contributed by atoms with Crippen molar-refractivity contribution in [3.8, 4) is 11.4 Å². The quantitative estimate of drug-likeness (QED) is 0.772. The largest absolute Gasteiger partial charge is 0.384 e. The lowest BCUT2D eigenvalue weighted by Gasteiger charge is -2.04. The highest BCUT2D eigenvalue weighted by molar-refractivity contribution is 5.60. The maximum absolute atomic E-state index is 12.9. The summed E-state index contributed by atoms with van der Waals surface area (Å²) in [5.74, 6) is 0.663. The molecule has 0 saturated heterocycles. The van der Waals surface area contributed by atoms with E-state index in [4.69, 9.17) is 5.73 Å². The standard InChI is InChI=1S/C11H10FN3/c1-7-6-8(12)2-3-9(7)11-14-5-4-10(13)15-11/h2-6H,1H3,(H2,13,14,15). The maximum atomic E-state index is 12.9. The lowest BCUT2D eigenvalue weighted by atomic mass is 10.1. The Morgan fingerprint density at radius 1 is 1.27 bits per heavy atom. The molecule has 15 heavy (non-hydrogen) atoms. The van der Waals surface area contributed by atoms with Crippen LogP contribution in [0.3, 0.4) is 0 Å². The van der Waals surface area contributed by atoms with E-state index in [0.717, 1.165) is 11.1 Å². The van der Waals surface area contributed by atoms with Crippen LogP contribution in [-0.2, 0) is 0 Å². The summed E-state index contributed by atoms with van der Waals surface area (Å²) in [5.41, 5.74) is 7.14. The number of rotatable bonds is 1. The van der Waals surface area contributed by atoms with Crippen LogP contribution in [0.25, 0.3) is 11.4 Å². The Balaban J connectivity index is 2.54. The Kier molecular flexibility index (Phi) is 2.33. The second-order valence-corrected chi connectivity index (χ2v) is 3.26. The van der Waals surface area contributed by atoms with E-state index in [1.165, 1.54) is 12.1 Å². The number of nitrogen functional groups attached to an aromatic ring is 1. The first-order valence-corrected chi connectivity index (χ1v) is 4.52. The zero-order valence-corrected chi connectivity index (χ0v) is 8.24. The van der Waals surface area contributed by atoms with E-state index in [9.17, 15) is 4.39 Å². The predicted molar refractivity (Wildman–Crippen MR) is 56.6 cm³/mol. The van der Waals surface area contributed by atoms with Crippen LogP contribution in [0.15, 0.2) is 30.5 Å². The first-order valence-electron chi connectivity index (χ1n) is 4.52. The van der Waals surface area contributed by atoms with Crippen molar-refractivity contribution < 1.29 is 4.39 Å². The molecule has 0 spiro atoms. The fraction of sp³-hybridized carbons (Fsp3) is 0.0909. The van der Waals surface area contributed by atoms with Gasteiger partial charge in [-0.15, -0.1) is 0 Å². The Labute approximate surface area is 86.8 Å². The highest BCUT2D eigenvalue weighted by Gasteiger charge is 2.05. The van der Waals surface area contributed by atoms with Crippen molar-refractivity contribution in [2.45, 2.75) is 6.92 Å². The molecule has 0 atom stereocenters. The third kappa shape index (κ3) is 1.93. The molecule has 0 fully saturated rings. The molecule has 3 nitrogen and oxygen atoms in total. The van der Waals surface area contributed by atoms with Crippen molar-refractivity contribution in [3.05, 3.63) is 41.8 Å². The highest BCUT2D eigenvalue weighted by Crippen LogP contribution is 2.20. The van der Waals surface area contributed by atoms with E-state index < -0.39 is 0 Å². The van der Waals surface area contributed by atoms with Crippen molar-refractivity contribution in [1.29, 1.82) is 0 Å². The van der Waals surface area contributed by atoms with Gasteiger partial charge in [-0.1, -0.05) is 0 Å². The van der Waals surface area contributed by atoms with Crippen LogP contribution >= 0.6 is 0 Å². The van der Waals surface area contributed by atoms with Gasteiger partial charge in [0.1, 0.15) is 11.6 Å². The molecule has 2 N–H and O–H groups in total. The molecular weight excluding hydrogens is 193 g/mol. The summed E-state index contributed by atoms with van der Waals surface area (Å²) < 4.78 is 12.9. The lowest BCUT2D eigenvalue weighted by Crippen LogP contribution is -1.96. The Bertz CT molecular complexity index is 497. The van der Waals surface area contributed by atoms with Crippen molar-refractivity contribution in [3.63, 3.8) is 0 Å². The van der Waals surface area contributed by atoms with Crippen LogP contribution < -0.4 is 5.73 Å². The van der Waals surface area contributed by atoms with Gasteiger partial charge in [-0.05, 0) is 36.8 Å². The molecular formula is C11H10FN3. The van der Waals surface area contributed by atoms with Gasteiger partial charge in [0.25, 0.3) is 0 Å². The van der Waals surface area contributed by atoms with Gasteiger partial charge in [0.15, 0.2) is 5.82 Å². The van der Waals surface area contributed by atoms with Crippen LogP contribution in [0.2, 0.25) is 0 Å². The number of benzene rings is 1. The summed E-state index contributed by atoms with van der Waals surface area (Å²) in [5, 5.41) is 0. The molecule has 4 heteroatoms. The second kappa shape index (κ2) is 3.65. The van der Waals surface area contributed by atoms with Gasteiger partial charge >= 0.3 is 0 Å². The molecule has 0 bridgehead atoms. The average molecular weight is 203 g/mol. The van der Waals surface area contributed by atoms with Crippen molar-refractivity contribution in [1.82, 2.24) is 9.97 Å². The fourth-order valence-electron chi connectivity index (χ4n) is 1.38. The molecule has 76 valence electrons. The molecule has 1 aromatic heterocycles. The number of aryl methyl sites for hydroxylation is 1. The van der Waals surface area contributed by atoms with E-state index in [-0.39, 0.29) is 5.82 Å². The number of anilines is 1. The summed E-state index contributed by atoms with van der Waals surface area (Å²) >= 11 is 0. The van der Waals surface area contributed by atoms with Crippen LogP contribution in [0.4, 0.5) is 10.2 Å². The van der Waals surface area contributed by atoms with Crippen molar-refractivity contribution in [2.24, 2.45) is 0 Å². The second-order valence-electron chi connectivity index (χ2n) is 3.26. The van der Waals surface area contributed by atoms with Crippen LogP contribution in [0, 0.1) is 12.7 Å². The van der Waals surface area contributed by atoms with Crippen LogP contribution in [0.5, 0.6) is 0 Å². The molecule has 0 radical (unpaired) electrons. The summed E-state index contributed by atoms with van der Waals surface area (Å²) in [6.07, 6.45) is 1.58. The molecule has 0 amide bonds. The smallest absolute Gasteiger partial charge is 0.161 e. The van der Waals surface area contributed by atoms with Gasteiger partial charge in [0.05, 0.1) is 0 Å². The predicted octanol–water partition coefficient (Wildman–Crippen LogP) is 2.17. The molecule has 1 heterocycles. The third-order valence-electron chi connectivity index (χ3n) is 2.11. The molecule has 0 aliphatic heterocycles. The summed E-state index contributed by atoms with van der Waals surface area (Å²) in [6, 6.07) is 6.10. The van der Waals surface area contributed by atoms with E-state index in [0.29, 0.717) is 11.6 Å². The normalized spacial score (nSPS) is 10.3. The number of nitrogens with two attached hydrogens (primary N) is 1. The minimum absolute atomic E-state index is 0.264. The SMILES string of the molecule is Cc1cc(F)ccc1-c1nccc(N)n1. The summed E-state index contributed by atoms with van der Waals surface area (Å²) in [4.78, 5) is 8.16. The zero-order valence-electron chi connectivity index (χ0n) is 8.24. The topological polar surface area (TPSA) is 51.8 Å². The molecule has 2 rings (SSSR count). The van der Waals surface area contributed by atoms with E-state index in [1.54, 1.807) is 18.3 Å². The fourth-order valence-corrected chi connectivity index (χ4v) is 1.38. The first kappa shape index (κ1) is 9.58. The lowest BCUT2D eigenvalue weighted by molar-refractivity contribution is 0.627. The third-order valence-corrected chi connectivity index (χ3v) is 2.11. The summed E-state index contributed by atoms with van der Waals surface area (Å²) in [7, 11) is 0. The molecule has 0 unspecified atom stereocenters. The average Bonchev–Trinajstić information content (AvgIpc) is 2.17. The minimum Gasteiger partial charge on any atom is -0.384 e. The van der Waals surface area contributed by atoms with E-state index >= 15 is 0 Å². The van der Waals surface area contributed by atoms with Crippen LogP contribution in [0.1, 0.15) is 5.56 Å². The zero-order chi connectivity index (χ0) is 10.8. The first-order chi connectivity index (χ1) is 7.16. The van der Waals surface area contributed by atoms with Gasteiger partial charge in [-0.2, -0.15) is 0 Å². The highest BCUT2D eigenvalue weighted by atomic mass is 19.1. The monoisotopic (exact) mass is 203 g/mol. The molecule has 0 aliphatic carbocycles. The molecule has 0 aliphatic rings.